The van der Waals surface area contributed by atoms with Gasteiger partial charge in [0.25, 0.3) is 0 Å². The lowest BCUT2D eigenvalue weighted by Gasteiger charge is -2.41. The van der Waals surface area contributed by atoms with Gasteiger partial charge in [-0.05, 0) is 29.3 Å². The van der Waals surface area contributed by atoms with Crippen LogP contribution in [0.15, 0.2) is 60.7 Å². The molecule has 2 aromatic carbocycles. The Morgan fingerprint density at radius 3 is 2.24 bits per heavy atom. The van der Waals surface area contributed by atoms with Gasteiger partial charge in [0.2, 0.25) is 0 Å². The number of rotatable bonds is 4. The van der Waals surface area contributed by atoms with Crippen LogP contribution in [0, 0.1) is 16.0 Å². The molecule has 3 aromatic rings. The zero-order valence-electron chi connectivity index (χ0n) is 17.2. The predicted octanol–water partition coefficient (Wildman–Crippen LogP) is 3.05. The quantitative estimate of drug-likeness (QED) is 0.420. The topological polar surface area (TPSA) is 119 Å². The molecule has 170 valence electrons. The van der Waals surface area contributed by atoms with Gasteiger partial charge < -0.3 is 29.7 Å². The number of benzene rings is 2. The second-order valence-electron chi connectivity index (χ2n) is 7.70. The fourth-order valence-corrected chi connectivity index (χ4v) is 4.45. The number of nitrogens with zero attached hydrogens (tertiary/aromatic N) is 2. The van der Waals surface area contributed by atoms with E-state index in [9.17, 15) is 25.7 Å². The Hall–Kier alpha value is -2.61. The molecular formula is C24H21ClN2O5S. The van der Waals surface area contributed by atoms with Gasteiger partial charge in [-0.15, -0.1) is 0 Å². The van der Waals surface area contributed by atoms with Crippen molar-refractivity contribution in [3.8, 4) is 28.5 Å². The van der Waals surface area contributed by atoms with E-state index in [1.807, 2.05) is 30.3 Å². The van der Waals surface area contributed by atoms with Crippen LogP contribution < -0.4 is 0 Å². The molecule has 0 saturated carbocycles. The molecule has 2 heterocycles. The first-order valence-corrected chi connectivity index (χ1v) is 11.0. The molecule has 1 saturated heterocycles. The number of pyridine rings is 1. The molecule has 0 radical (unpaired) electrons. The number of nitriles is 1. The highest BCUT2D eigenvalue weighted by molar-refractivity contribution is 7.71. The van der Waals surface area contributed by atoms with Gasteiger partial charge in [-0.3, -0.25) is 0 Å². The summed E-state index contributed by atoms with van der Waals surface area (Å²) >= 11 is 11.8. The lowest BCUT2D eigenvalue weighted by molar-refractivity contribution is -0.251. The summed E-state index contributed by atoms with van der Waals surface area (Å²) in [5, 5.41) is 51.4. The fourth-order valence-electron chi connectivity index (χ4n) is 3.97. The predicted molar refractivity (Wildman–Crippen MR) is 125 cm³/mol. The molecule has 1 aliphatic heterocycles. The smallest absolute Gasteiger partial charge is 0.164 e. The number of hydrogen-bond acceptors (Lipinski definition) is 7. The van der Waals surface area contributed by atoms with Crippen LogP contribution in [0.4, 0.5) is 0 Å². The summed E-state index contributed by atoms with van der Waals surface area (Å²) in [4.78, 5) is 0. The third-order valence-corrected chi connectivity index (χ3v) is 6.35. The molecule has 1 aliphatic rings. The van der Waals surface area contributed by atoms with E-state index in [1.165, 1.54) is 4.57 Å². The number of aromatic nitrogens is 1. The number of hydrogen-bond donors (Lipinski definition) is 4. The highest BCUT2D eigenvalue weighted by atomic mass is 35.5. The van der Waals surface area contributed by atoms with Gasteiger partial charge in [0.1, 0.15) is 35.1 Å². The van der Waals surface area contributed by atoms with Gasteiger partial charge >= 0.3 is 0 Å². The van der Waals surface area contributed by atoms with Crippen molar-refractivity contribution in [1.29, 1.82) is 5.26 Å². The van der Waals surface area contributed by atoms with Crippen LogP contribution in [0.3, 0.4) is 0 Å². The molecule has 0 unspecified atom stereocenters. The van der Waals surface area contributed by atoms with Gasteiger partial charge in [-0.2, -0.15) is 5.26 Å². The highest BCUT2D eigenvalue weighted by Crippen LogP contribution is 2.37. The van der Waals surface area contributed by atoms with Crippen LogP contribution in [-0.4, -0.2) is 56.0 Å². The van der Waals surface area contributed by atoms with Crippen LogP contribution in [0.1, 0.15) is 11.8 Å². The first-order valence-electron chi connectivity index (χ1n) is 10.2. The molecule has 4 rings (SSSR count). The van der Waals surface area contributed by atoms with E-state index >= 15 is 0 Å². The molecule has 0 spiro atoms. The average Bonchev–Trinajstić information content (AvgIpc) is 2.84. The van der Waals surface area contributed by atoms with Gasteiger partial charge in [0.15, 0.2) is 6.23 Å². The summed E-state index contributed by atoms with van der Waals surface area (Å²) in [5.74, 6) is 0. The van der Waals surface area contributed by atoms with Crippen LogP contribution in [-0.2, 0) is 4.74 Å². The molecule has 0 bridgehead atoms. The monoisotopic (exact) mass is 484 g/mol. The number of aliphatic hydroxyl groups is 4. The van der Waals surface area contributed by atoms with Crippen LogP contribution in [0.25, 0.3) is 22.4 Å². The molecule has 5 atom stereocenters. The van der Waals surface area contributed by atoms with Crippen molar-refractivity contribution in [2.45, 2.75) is 30.6 Å². The van der Waals surface area contributed by atoms with Gasteiger partial charge in [-0.25, -0.2) is 0 Å². The first-order chi connectivity index (χ1) is 15.9. The number of ether oxygens (including phenoxy) is 1. The maximum atomic E-state index is 10.8. The van der Waals surface area contributed by atoms with Crippen molar-refractivity contribution in [3.05, 3.63) is 75.9 Å². The van der Waals surface area contributed by atoms with Crippen molar-refractivity contribution < 1.29 is 25.2 Å². The molecule has 0 aliphatic carbocycles. The van der Waals surface area contributed by atoms with E-state index in [0.29, 0.717) is 21.8 Å². The van der Waals surface area contributed by atoms with E-state index in [4.69, 9.17) is 28.6 Å². The van der Waals surface area contributed by atoms with Crippen molar-refractivity contribution in [3.63, 3.8) is 0 Å². The Morgan fingerprint density at radius 1 is 0.970 bits per heavy atom. The maximum Gasteiger partial charge on any atom is 0.164 e. The minimum absolute atomic E-state index is 0.0770. The Bertz CT molecular complexity index is 1240. The minimum Gasteiger partial charge on any atom is -0.394 e. The summed E-state index contributed by atoms with van der Waals surface area (Å²) in [6.45, 7) is -0.585. The Kier molecular flexibility index (Phi) is 6.93. The van der Waals surface area contributed by atoms with Crippen molar-refractivity contribution in [2.24, 2.45) is 0 Å². The van der Waals surface area contributed by atoms with E-state index in [1.54, 1.807) is 30.3 Å². The minimum atomic E-state index is -1.60. The molecule has 9 heteroatoms. The van der Waals surface area contributed by atoms with Gasteiger partial charge in [-0.1, -0.05) is 66.3 Å². The zero-order chi connectivity index (χ0) is 23.7. The summed E-state index contributed by atoms with van der Waals surface area (Å²) in [7, 11) is 0. The molecular weight excluding hydrogens is 464 g/mol. The van der Waals surface area contributed by atoms with E-state index in [-0.39, 0.29) is 10.2 Å². The Balaban J connectivity index is 2.01. The first kappa shape index (κ1) is 23.5. The Morgan fingerprint density at radius 2 is 1.64 bits per heavy atom. The molecule has 0 amide bonds. The summed E-state index contributed by atoms with van der Waals surface area (Å²) in [6, 6.07) is 20.1. The summed E-state index contributed by atoms with van der Waals surface area (Å²) in [6.07, 6.45) is -7.09. The second-order valence-corrected chi connectivity index (χ2v) is 8.52. The Labute approximate surface area is 200 Å². The largest absolute Gasteiger partial charge is 0.394 e. The zero-order valence-corrected chi connectivity index (χ0v) is 18.8. The molecule has 1 fully saturated rings. The fraction of sp³-hybridized carbons (Fsp3) is 0.250. The van der Waals surface area contributed by atoms with Crippen molar-refractivity contribution >= 4 is 23.8 Å². The third-order valence-electron chi connectivity index (χ3n) is 5.70. The summed E-state index contributed by atoms with van der Waals surface area (Å²) in [5.41, 5.74) is 2.72. The van der Waals surface area contributed by atoms with Crippen LogP contribution in [0.2, 0.25) is 5.02 Å². The second kappa shape index (κ2) is 9.71. The SMILES string of the molecule is N#Cc1c(-c2ccccc2)cc(-c2ccc(Cl)cc2)n([C@@H]2O[C@H](CO)[C@H](O)[C@H](O)[C@H]2O)c1=S. The van der Waals surface area contributed by atoms with Crippen molar-refractivity contribution in [2.75, 3.05) is 6.61 Å². The van der Waals surface area contributed by atoms with Gasteiger partial charge in [0, 0.05) is 10.6 Å². The van der Waals surface area contributed by atoms with Crippen LogP contribution in [0.5, 0.6) is 0 Å². The van der Waals surface area contributed by atoms with E-state index in [0.717, 1.165) is 5.56 Å². The average molecular weight is 485 g/mol. The molecule has 1 aromatic heterocycles. The highest BCUT2D eigenvalue weighted by Gasteiger charge is 2.45. The molecule has 33 heavy (non-hydrogen) atoms. The lowest BCUT2D eigenvalue weighted by atomic mass is 9.95. The number of aliphatic hydroxyl groups excluding tert-OH is 4. The normalized spacial score (nSPS) is 24.9. The van der Waals surface area contributed by atoms with Gasteiger partial charge in [0.05, 0.1) is 17.9 Å². The standard InChI is InChI=1S/C24H21ClN2O5S/c25-15-8-6-14(7-9-15)18-10-16(13-4-2-1-3-5-13)17(11-26)24(33)27(18)23-22(31)21(30)20(29)19(12-28)32-23/h1-10,19-23,28-31H,12H2/t19-,20+,21+,22-,23-/m1/s1. The number of halogens is 1. The van der Waals surface area contributed by atoms with E-state index in [2.05, 4.69) is 6.07 Å². The molecule has 4 N–H and O–H groups in total. The third kappa shape index (κ3) is 4.33. The lowest BCUT2D eigenvalue weighted by Crippen LogP contribution is -2.56. The molecule has 7 nitrogen and oxygen atoms in total. The van der Waals surface area contributed by atoms with Crippen molar-refractivity contribution in [1.82, 2.24) is 4.57 Å². The summed E-state index contributed by atoms with van der Waals surface area (Å²) < 4.78 is 7.29. The van der Waals surface area contributed by atoms with E-state index < -0.39 is 37.3 Å². The van der Waals surface area contributed by atoms with Crippen LogP contribution >= 0.6 is 23.8 Å². The maximum absolute atomic E-state index is 10.8.